The minimum absolute atomic E-state index is 0.0231. The van der Waals surface area contributed by atoms with Crippen molar-refractivity contribution in [3.05, 3.63) is 30.0 Å². The molecular formula is C12H13NO4. The zero-order valence-corrected chi connectivity index (χ0v) is 9.29. The van der Waals surface area contributed by atoms with Crippen molar-refractivity contribution >= 4 is 16.9 Å². The van der Waals surface area contributed by atoms with Crippen LogP contribution in [0.2, 0.25) is 0 Å². The third kappa shape index (κ3) is 1.74. The van der Waals surface area contributed by atoms with Gasteiger partial charge in [-0.1, -0.05) is 6.07 Å². The normalized spacial score (nSPS) is 12.8. The van der Waals surface area contributed by atoms with Gasteiger partial charge in [-0.05, 0) is 19.1 Å². The molecule has 1 atom stereocenters. The fourth-order valence-electron chi connectivity index (χ4n) is 1.97. The number of fused-ring (bicyclic) bond motifs is 1. The van der Waals surface area contributed by atoms with Crippen molar-refractivity contribution < 1.29 is 20.1 Å². The third-order valence-corrected chi connectivity index (χ3v) is 2.78. The Morgan fingerprint density at radius 3 is 2.76 bits per heavy atom. The largest absolute Gasteiger partial charge is 0.507 e. The molecule has 1 aromatic heterocycles. The lowest BCUT2D eigenvalue weighted by molar-refractivity contribution is -0.146. The first kappa shape index (κ1) is 11.5. The minimum atomic E-state index is -1.63. The lowest BCUT2D eigenvalue weighted by Gasteiger charge is -2.04. The summed E-state index contributed by atoms with van der Waals surface area (Å²) in [7, 11) is 0. The number of nitrogens with zero attached hydrogens (tertiary/aromatic N) is 1. The Morgan fingerprint density at radius 1 is 1.47 bits per heavy atom. The van der Waals surface area contributed by atoms with Gasteiger partial charge in [-0.25, -0.2) is 4.79 Å². The van der Waals surface area contributed by atoms with Crippen LogP contribution in [0.4, 0.5) is 0 Å². The van der Waals surface area contributed by atoms with Gasteiger partial charge in [-0.3, -0.25) is 0 Å². The summed E-state index contributed by atoms with van der Waals surface area (Å²) in [5.74, 6) is -1.35. The molecule has 0 saturated heterocycles. The van der Waals surface area contributed by atoms with Crippen molar-refractivity contribution in [2.75, 3.05) is 0 Å². The first-order valence-corrected chi connectivity index (χ1v) is 5.27. The molecule has 0 spiro atoms. The molecule has 90 valence electrons. The Labute approximate surface area is 97.5 Å². The molecule has 17 heavy (non-hydrogen) atoms. The van der Waals surface area contributed by atoms with E-state index >= 15 is 0 Å². The van der Waals surface area contributed by atoms with Gasteiger partial charge in [-0.2, -0.15) is 0 Å². The average Bonchev–Trinajstić information content (AvgIpc) is 2.68. The number of hydrogen-bond donors (Lipinski definition) is 3. The number of carbonyl (C=O) groups is 1. The Bertz CT molecular complexity index is 573. The highest BCUT2D eigenvalue weighted by Crippen LogP contribution is 2.33. The second-order valence-electron chi connectivity index (χ2n) is 3.78. The lowest BCUT2D eigenvalue weighted by Crippen LogP contribution is -2.09. The average molecular weight is 235 g/mol. The van der Waals surface area contributed by atoms with E-state index in [1.807, 2.05) is 6.92 Å². The van der Waals surface area contributed by atoms with Gasteiger partial charge in [-0.15, -0.1) is 0 Å². The van der Waals surface area contributed by atoms with E-state index in [2.05, 4.69) is 0 Å². The summed E-state index contributed by atoms with van der Waals surface area (Å²) >= 11 is 0. The van der Waals surface area contributed by atoms with Gasteiger partial charge < -0.3 is 19.9 Å². The van der Waals surface area contributed by atoms with E-state index in [0.29, 0.717) is 17.4 Å². The summed E-state index contributed by atoms with van der Waals surface area (Å²) in [5, 5.41) is 28.6. The molecule has 1 unspecified atom stereocenters. The van der Waals surface area contributed by atoms with Gasteiger partial charge >= 0.3 is 5.97 Å². The zero-order chi connectivity index (χ0) is 12.6. The number of rotatable bonds is 3. The van der Waals surface area contributed by atoms with Crippen molar-refractivity contribution in [3.8, 4) is 5.75 Å². The van der Waals surface area contributed by atoms with E-state index < -0.39 is 12.1 Å². The molecule has 0 fully saturated rings. The predicted molar refractivity (Wildman–Crippen MR) is 61.9 cm³/mol. The highest BCUT2D eigenvalue weighted by molar-refractivity contribution is 5.93. The summed E-state index contributed by atoms with van der Waals surface area (Å²) < 4.78 is 1.79. The zero-order valence-electron chi connectivity index (χ0n) is 9.29. The summed E-state index contributed by atoms with van der Waals surface area (Å²) in [6, 6.07) is 4.93. The maximum absolute atomic E-state index is 10.8. The summed E-state index contributed by atoms with van der Waals surface area (Å²) in [4.78, 5) is 10.8. The first-order chi connectivity index (χ1) is 8.06. The number of aliphatic hydroxyl groups is 1. The Hall–Kier alpha value is -2.01. The SMILES string of the molecule is CCn1cc(C(O)C(=O)O)c2c(O)cccc21. The van der Waals surface area contributed by atoms with Crippen LogP contribution in [0, 0.1) is 0 Å². The van der Waals surface area contributed by atoms with E-state index in [1.54, 1.807) is 22.9 Å². The van der Waals surface area contributed by atoms with Gasteiger partial charge in [0.25, 0.3) is 0 Å². The van der Waals surface area contributed by atoms with Crippen molar-refractivity contribution in [2.24, 2.45) is 0 Å². The summed E-state index contributed by atoms with van der Waals surface area (Å²) in [5.41, 5.74) is 0.926. The number of aliphatic hydroxyl groups excluding tert-OH is 1. The molecule has 0 aliphatic rings. The number of phenolic OH excluding ortho intramolecular Hbond substituents is 1. The number of aromatic hydroxyl groups is 1. The van der Waals surface area contributed by atoms with E-state index in [0.717, 1.165) is 0 Å². The fourth-order valence-corrected chi connectivity index (χ4v) is 1.97. The summed E-state index contributed by atoms with van der Waals surface area (Å²) in [6.07, 6.45) is -0.0676. The van der Waals surface area contributed by atoms with Crippen LogP contribution in [0.3, 0.4) is 0 Å². The molecule has 5 heteroatoms. The van der Waals surface area contributed by atoms with Crippen molar-refractivity contribution in [2.45, 2.75) is 19.6 Å². The number of carboxylic acid groups (broad SMARTS) is 1. The van der Waals surface area contributed by atoms with Crippen LogP contribution in [0.25, 0.3) is 10.9 Å². The van der Waals surface area contributed by atoms with E-state index in [4.69, 9.17) is 5.11 Å². The molecule has 3 N–H and O–H groups in total. The van der Waals surface area contributed by atoms with Crippen LogP contribution in [-0.4, -0.2) is 25.9 Å². The fraction of sp³-hybridized carbons (Fsp3) is 0.250. The monoisotopic (exact) mass is 235 g/mol. The second kappa shape index (κ2) is 4.10. The number of aromatic nitrogens is 1. The molecule has 0 bridgehead atoms. The molecule has 0 amide bonds. The molecule has 0 aliphatic heterocycles. The quantitative estimate of drug-likeness (QED) is 0.752. The van der Waals surface area contributed by atoms with Crippen LogP contribution in [-0.2, 0) is 11.3 Å². The molecular weight excluding hydrogens is 222 g/mol. The van der Waals surface area contributed by atoms with Crippen LogP contribution >= 0.6 is 0 Å². The highest BCUT2D eigenvalue weighted by atomic mass is 16.4. The van der Waals surface area contributed by atoms with Crippen LogP contribution in [0.1, 0.15) is 18.6 Å². The molecule has 0 radical (unpaired) electrons. The predicted octanol–water partition coefficient (Wildman–Crippen LogP) is 1.48. The lowest BCUT2D eigenvalue weighted by atomic mass is 10.1. The first-order valence-electron chi connectivity index (χ1n) is 5.27. The maximum Gasteiger partial charge on any atom is 0.337 e. The summed E-state index contributed by atoms with van der Waals surface area (Å²) in [6.45, 7) is 2.53. The molecule has 0 saturated carbocycles. The van der Waals surface area contributed by atoms with Crippen LogP contribution < -0.4 is 0 Å². The molecule has 0 aliphatic carbocycles. The highest BCUT2D eigenvalue weighted by Gasteiger charge is 2.22. The van der Waals surface area contributed by atoms with Crippen LogP contribution in [0.5, 0.6) is 5.75 Å². The van der Waals surface area contributed by atoms with Gasteiger partial charge in [0.05, 0.1) is 5.52 Å². The number of hydrogen-bond acceptors (Lipinski definition) is 3. The topological polar surface area (TPSA) is 82.7 Å². The molecule has 2 rings (SSSR count). The van der Waals surface area contributed by atoms with Crippen molar-refractivity contribution in [1.82, 2.24) is 4.57 Å². The van der Waals surface area contributed by atoms with Crippen molar-refractivity contribution in [3.63, 3.8) is 0 Å². The smallest absolute Gasteiger partial charge is 0.337 e. The Kier molecular flexibility index (Phi) is 2.77. The second-order valence-corrected chi connectivity index (χ2v) is 3.78. The maximum atomic E-state index is 10.8. The van der Waals surface area contributed by atoms with Gasteiger partial charge in [0.2, 0.25) is 0 Å². The number of aryl methyl sites for hydroxylation is 1. The Morgan fingerprint density at radius 2 is 2.18 bits per heavy atom. The van der Waals surface area contributed by atoms with E-state index in [9.17, 15) is 15.0 Å². The third-order valence-electron chi connectivity index (χ3n) is 2.78. The molecule has 1 heterocycles. The van der Waals surface area contributed by atoms with Gasteiger partial charge in [0.15, 0.2) is 6.10 Å². The standard InChI is InChI=1S/C12H13NO4/c1-2-13-6-7(11(15)12(16)17)10-8(13)4-3-5-9(10)14/h3-6,11,14-15H,2H2,1H3,(H,16,17). The minimum Gasteiger partial charge on any atom is -0.507 e. The van der Waals surface area contributed by atoms with Crippen LogP contribution in [0.15, 0.2) is 24.4 Å². The molecule has 2 aromatic rings. The molecule has 1 aromatic carbocycles. The number of carboxylic acids is 1. The van der Waals surface area contributed by atoms with Gasteiger partial charge in [0, 0.05) is 23.7 Å². The number of phenols is 1. The van der Waals surface area contributed by atoms with E-state index in [1.165, 1.54) is 6.07 Å². The number of aliphatic carboxylic acids is 1. The molecule has 5 nitrogen and oxygen atoms in total. The number of benzene rings is 1. The van der Waals surface area contributed by atoms with E-state index in [-0.39, 0.29) is 11.3 Å². The Balaban J connectivity index is 2.75. The van der Waals surface area contributed by atoms with Gasteiger partial charge in [0.1, 0.15) is 5.75 Å². The van der Waals surface area contributed by atoms with Crippen molar-refractivity contribution in [1.29, 1.82) is 0 Å².